The van der Waals surface area contributed by atoms with Gasteiger partial charge in [-0.15, -0.1) is 12.4 Å². The summed E-state index contributed by atoms with van der Waals surface area (Å²) < 4.78 is 4.89. The van der Waals surface area contributed by atoms with Crippen LogP contribution < -0.4 is 5.32 Å². The Kier molecular flexibility index (Phi) is 4.32. The molecule has 1 fully saturated rings. The Balaban J connectivity index is 0.00000128. The van der Waals surface area contributed by atoms with Crippen LogP contribution in [0.5, 0.6) is 0 Å². The van der Waals surface area contributed by atoms with Crippen molar-refractivity contribution in [2.45, 2.75) is 19.4 Å². The number of likely N-dealkylation sites (tertiary alicyclic amines) is 1. The van der Waals surface area contributed by atoms with Crippen LogP contribution in [0.4, 0.5) is 0 Å². The van der Waals surface area contributed by atoms with Gasteiger partial charge in [-0.1, -0.05) is 5.16 Å². The lowest BCUT2D eigenvalue weighted by Crippen LogP contribution is -2.33. The molecule has 1 amide bonds. The lowest BCUT2D eigenvalue weighted by molar-refractivity contribution is 0.0779. The highest BCUT2D eigenvalue weighted by atomic mass is 35.5. The number of aromatic nitrogens is 1. The lowest BCUT2D eigenvalue weighted by atomic mass is 10.3. The van der Waals surface area contributed by atoms with Crippen LogP contribution in [0.3, 0.4) is 0 Å². The summed E-state index contributed by atoms with van der Waals surface area (Å²) in [5.74, 6) is 0.632. The Morgan fingerprint density at radius 2 is 2.44 bits per heavy atom. The minimum atomic E-state index is -0.0374. The topological polar surface area (TPSA) is 58.4 Å². The number of likely N-dealkylation sites (N-methyl/N-ethyl adjacent to an activating group) is 1. The lowest BCUT2D eigenvalue weighted by Gasteiger charge is -2.14. The molecule has 1 aromatic heterocycles. The largest absolute Gasteiger partial charge is 0.361 e. The third kappa shape index (κ3) is 2.54. The fourth-order valence-corrected chi connectivity index (χ4v) is 1.81. The van der Waals surface area contributed by atoms with E-state index in [-0.39, 0.29) is 18.3 Å². The van der Waals surface area contributed by atoms with Crippen molar-refractivity contribution in [3.05, 3.63) is 17.5 Å². The van der Waals surface area contributed by atoms with Gasteiger partial charge in [-0.05, 0) is 20.4 Å². The highest BCUT2D eigenvalue weighted by molar-refractivity contribution is 5.92. The standard InChI is InChI=1S/C10H15N3O2.ClH/c1-7-5-9(12-15-7)10(14)13-4-3-8(6-13)11-2;/h5,8,11H,3-4,6H2,1-2H3;1H. The molecule has 0 saturated carbocycles. The van der Waals surface area contributed by atoms with E-state index in [1.54, 1.807) is 17.9 Å². The van der Waals surface area contributed by atoms with Crippen molar-refractivity contribution in [3.8, 4) is 0 Å². The zero-order valence-electron chi connectivity index (χ0n) is 9.40. The molecule has 0 spiro atoms. The second kappa shape index (κ2) is 5.32. The first-order valence-corrected chi connectivity index (χ1v) is 5.10. The first-order valence-electron chi connectivity index (χ1n) is 5.10. The molecule has 6 heteroatoms. The normalized spacial score (nSPS) is 19.6. The van der Waals surface area contributed by atoms with Gasteiger partial charge in [0.1, 0.15) is 5.76 Å². The highest BCUT2D eigenvalue weighted by Crippen LogP contribution is 2.13. The summed E-state index contributed by atoms with van der Waals surface area (Å²) in [6, 6.07) is 2.08. The molecule has 0 aliphatic carbocycles. The number of halogens is 1. The fourth-order valence-electron chi connectivity index (χ4n) is 1.81. The number of rotatable bonds is 2. The van der Waals surface area contributed by atoms with Crippen molar-refractivity contribution in [1.82, 2.24) is 15.4 Å². The Morgan fingerprint density at radius 3 is 2.94 bits per heavy atom. The monoisotopic (exact) mass is 245 g/mol. The number of carbonyl (C=O) groups is 1. The first kappa shape index (κ1) is 13.0. The van der Waals surface area contributed by atoms with E-state index in [1.807, 2.05) is 7.05 Å². The van der Waals surface area contributed by atoms with E-state index in [1.165, 1.54) is 0 Å². The molecule has 0 radical (unpaired) electrons. The highest BCUT2D eigenvalue weighted by Gasteiger charge is 2.27. The van der Waals surface area contributed by atoms with Gasteiger partial charge in [0, 0.05) is 25.2 Å². The van der Waals surface area contributed by atoms with E-state index in [0.29, 0.717) is 17.5 Å². The van der Waals surface area contributed by atoms with Crippen LogP contribution in [0.1, 0.15) is 22.7 Å². The molecule has 1 aromatic rings. The summed E-state index contributed by atoms with van der Waals surface area (Å²) in [7, 11) is 1.92. The van der Waals surface area contributed by atoms with Crippen molar-refractivity contribution in [1.29, 1.82) is 0 Å². The molecule has 1 saturated heterocycles. The van der Waals surface area contributed by atoms with Crippen molar-refractivity contribution in [3.63, 3.8) is 0 Å². The van der Waals surface area contributed by atoms with Crippen molar-refractivity contribution in [2.75, 3.05) is 20.1 Å². The Hall–Kier alpha value is -1.07. The Labute approximate surface area is 101 Å². The van der Waals surface area contributed by atoms with Crippen molar-refractivity contribution in [2.24, 2.45) is 0 Å². The average Bonchev–Trinajstić information content (AvgIpc) is 2.84. The van der Waals surface area contributed by atoms with Crippen LogP contribution in [0.15, 0.2) is 10.6 Å². The molecular formula is C10H16ClN3O2. The molecule has 2 rings (SSSR count). The van der Waals surface area contributed by atoms with Crippen LogP contribution in [0.2, 0.25) is 0 Å². The quantitative estimate of drug-likeness (QED) is 0.839. The maximum Gasteiger partial charge on any atom is 0.276 e. The second-order valence-corrected chi connectivity index (χ2v) is 3.85. The molecule has 1 unspecified atom stereocenters. The van der Waals surface area contributed by atoms with Crippen LogP contribution >= 0.6 is 12.4 Å². The minimum absolute atomic E-state index is 0. The predicted molar refractivity (Wildman–Crippen MR) is 61.9 cm³/mol. The van der Waals surface area contributed by atoms with Gasteiger partial charge in [0.05, 0.1) is 0 Å². The van der Waals surface area contributed by atoms with E-state index in [0.717, 1.165) is 19.5 Å². The summed E-state index contributed by atoms with van der Waals surface area (Å²) in [5, 5.41) is 6.89. The number of nitrogens with one attached hydrogen (secondary N) is 1. The van der Waals surface area contributed by atoms with E-state index in [9.17, 15) is 4.79 Å². The first-order chi connectivity index (χ1) is 7.20. The van der Waals surface area contributed by atoms with Crippen molar-refractivity contribution >= 4 is 18.3 Å². The number of carbonyl (C=O) groups excluding carboxylic acids is 1. The Morgan fingerprint density at radius 1 is 1.69 bits per heavy atom. The third-order valence-electron chi connectivity index (χ3n) is 2.73. The van der Waals surface area contributed by atoms with Crippen LogP contribution in [-0.2, 0) is 0 Å². The van der Waals surface area contributed by atoms with Gasteiger partial charge >= 0.3 is 0 Å². The number of aryl methyl sites for hydroxylation is 1. The zero-order chi connectivity index (χ0) is 10.8. The molecule has 5 nitrogen and oxygen atoms in total. The summed E-state index contributed by atoms with van der Waals surface area (Å²) >= 11 is 0. The van der Waals surface area contributed by atoms with Gasteiger partial charge in [-0.3, -0.25) is 4.79 Å². The fraction of sp³-hybridized carbons (Fsp3) is 0.600. The summed E-state index contributed by atoms with van der Waals surface area (Å²) in [6.45, 7) is 3.32. The van der Waals surface area contributed by atoms with Gasteiger partial charge in [0.2, 0.25) is 0 Å². The number of hydrogen-bond acceptors (Lipinski definition) is 4. The van der Waals surface area contributed by atoms with E-state index >= 15 is 0 Å². The third-order valence-corrected chi connectivity index (χ3v) is 2.73. The van der Waals surface area contributed by atoms with E-state index < -0.39 is 0 Å². The van der Waals surface area contributed by atoms with Crippen LogP contribution in [0.25, 0.3) is 0 Å². The molecule has 90 valence electrons. The van der Waals surface area contributed by atoms with Crippen molar-refractivity contribution < 1.29 is 9.32 Å². The molecule has 2 heterocycles. The average molecular weight is 246 g/mol. The molecule has 0 bridgehead atoms. The number of amides is 1. The van der Waals surface area contributed by atoms with Gasteiger partial charge in [-0.25, -0.2) is 0 Å². The number of nitrogens with zero attached hydrogens (tertiary/aromatic N) is 2. The zero-order valence-corrected chi connectivity index (χ0v) is 10.2. The molecule has 1 aliphatic heterocycles. The SMILES string of the molecule is CNC1CCN(C(=O)c2cc(C)on2)C1.Cl. The Bertz CT molecular complexity index is 367. The summed E-state index contributed by atoms with van der Waals surface area (Å²) in [4.78, 5) is 13.7. The van der Waals surface area contributed by atoms with Gasteiger partial charge in [0.25, 0.3) is 5.91 Å². The molecule has 16 heavy (non-hydrogen) atoms. The number of hydrogen-bond donors (Lipinski definition) is 1. The predicted octanol–water partition coefficient (Wildman–Crippen LogP) is 0.839. The summed E-state index contributed by atoms with van der Waals surface area (Å²) in [5.41, 5.74) is 0.407. The van der Waals surface area contributed by atoms with E-state index in [4.69, 9.17) is 4.52 Å². The van der Waals surface area contributed by atoms with Gasteiger partial charge in [0.15, 0.2) is 5.69 Å². The maximum atomic E-state index is 11.9. The van der Waals surface area contributed by atoms with E-state index in [2.05, 4.69) is 10.5 Å². The molecule has 0 aromatic carbocycles. The molecule has 1 N–H and O–H groups in total. The molecule has 1 atom stereocenters. The molecular weight excluding hydrogens is 230 g/mol. The van der Waals surface area contributed by atoms with Crippen LogP contribution in [-0.4, -0.2) is 42.1 Å². The van der Waals surface area contributed by atoms with Gasteiger partial charge < -0.3 is 14.7 Å². The van der Waals surface area contributed by atoms with Crippen LogP contribution in [0, 0.1) is 6.92 Å². The second-order valence-electron chi connectivity index (χ2n) is 3.85. The smallest absolute Gasteiger partial charge is 0.276 e. The minimum Gasteiger partial charge on any atom is -0.361 e. The van der Waals surface area contributed by atoms with Gasteiger partial charge in [-0.2, -0.15) is 0 Å². The maximum absolute atomic E-state index is 11.9. The molecule has 1 aliphatic rings. The summed E-state index contributed by atoms with van der Waals surface area (Å²) in [6.07, 6.45) is 0.999.